The maximum absolute atomic E-state index is 11.8. The quantitative estimate of drug-likeness (QED) is 0.557. The Morgan fingerprint density at radius 2 is 2.22 bits per heavy atom. The van der Waals surface area contributed by atoms with Crippen LogP contribution in [-0.4, -0.2) is 17.6 Å². The molecule has 2 rings (SSSR count). The molecule has 8 heteroatoms. The molecular weight excluding hydrogens is 357 g/mol. The number of amides is 2. The van der Waals surface area contributed by atoms with Crippen molar-refractivity contribution in [2.75, 3.05) is 11.9 Å². The molecule has 0 spiro atoms. The van der Waals surface area contributed by atoms with Crippen molar-refractivity contribution in [2.24, 2.45) is 0 Å². The second-order valence-electron chi connectivity index (χ2n) is 4.50. The summed E-state index contributed by atoms with van der Waals surface area (Å²) in [4.78, 5) is 16.1. The minimum Gasteiger partial charge on any atom is -0.371 e. The Morgan fingerprint density at radius 1 is 1.39 bits per heavy atom. The summed E-state index contributed by atoms with van der Waals surface area (Å²) in [7, 11) is 0. The molecule has 0 unspecified atom stereocenters. The summed E-state index contributed by atoms with van der Waals surface area (Å²) < 4.78 is 5.29. The van der Waals surface area contributed by atoms with Gasteiger partial charge in [-0.05, 0) is 17.7 Å². The standard InChI is InChI=1S/C15H15Cl2N3O2S/c1-2-5-22-8-11-9-23-15(19-11)20-14(21)18-7-10-3-4-12(16)13(17)6-10/h2-4,6,9H,1,5,7-8H2,(H2,18,19,20,21). The number of nitrogens with one attached hydrogen (secondary N) is 2. The number of thiazole rings is 1. The highest BCUT2D eigenvalue weighted by atomic mass is 35.5. The topological polar surface area (TPSA) is 63.2 Å². The van der Waals surface area contributed by atoms with Crippen LogP contribution in [0.2, 0.25) is 10.0 Å². The predicted octanol–water partition coefficient (Wildman–Crippen LogP) is 4.47. The van der Waals surface area contributed by atoms with Crippen molar-refractivity contribution < 1.29 is 9.53 Å². The highest BCUT2D eigenvalue weighted by Gasteiger charge is 2.07. The largest absolute Gasteiger partial charge is 0.371 e. The van der Waals surface area contributed by atoms with Gasteiger partial charge in [0.25, 0.3) is 0 Å². The number of benzene rings is 1. The Balaban J connectivity index is 1.80. The Morgan fingerprint density at radius 3 is 2.96 bits per heavy atom. The Bertz CT molecular complexity index is 691. The second kappa shape index (κ2) is 8.88. The van der Waals surface area contributed by atoms with E-state index in [1.807, 2.05) is 5.38 Å². The summed E-state index contributed by atoms with van der Waals surface area (Å²) in [6.45, 7) is 4.75. The molecule has 1 heterocycles. The monoisotopic (exact) mass is 371 g/mol. The van der Waals surface area contributed by atoms with Gasteiger partial charge in [0.2, 0.25) is 0 Å². The van der Waals surface area contributed by atoms with Gasteiger partial charge in [-0.15, -0.1) is 17.9 Å². The summed E-state index contributed by atoms with van der Waals surface area (Å²) in [5, 5.41) is 8.67. The SMILES string of the molecule is C=CCOCc1csc(NC(=O)NCc2ccc(Cl)c(Cl)c2)n1. The van der Waals surface area contributed by atoms with Crippen molar-refractivity contribution >= 4 is 45.7 Å². The van der Waals surface area contributed by atoms with Crippen molar-refractivity contribution in [3.05, 3.63) is 57.5 Å². The van der Waals surface area contributed by atoms with Crippen LogP contribution in [0.5, 0.6) is 0 Å². The number of carbonyl (C=O) groups is 1. The normalized spacial score (nSPS) is 10.3. The number of aromatic nitrogens is 1. The Hall–Kier alpha value is -1.60. The molecule has 0 saturated carbocycles. The smallest absolute Gasteiger partial charge is 0.321 e. The number of hydrogen-bond acceptors (Lipinski definition) is 4. The first kappa shape index (κ1) is 17.7. The minimum absolute atomic E-state index is 0.337. The lowest BCUT2D eigenvalue weighted by atomic mass is 10.2. The molecule has 23 heavy (non-hydrogen) atoms. The van der Waals surface area contributed by atoms with Gasteiger partial charge >= 0.3 is 6.03 Å². The fraction of sp³-hybridized carbons (Fsp3) is 0.200. The fourth-order valence-electron chi connectivity index (χ4n) is 1.65. The molecule has 5 nitrogen and oxygen atoms in total. The summed E-state index contributed by atoms with van der Waals surface area (Å²) in [6, 6.07) is 4.86. The number of ether oxygens (including phenoxy) is 1. The molecule has 2 N–H and O–H groups in total. The lowest BCUT2D eigenvalue weighted by Gasteiger charge is -2.06. The van der Waals surface area contributed by atoms with Crippen LogP contribution >= 0.6 is 34.5 Å². The van der Waals surface area contributed by atoms with Crippen molar-refractivity contribution in [1.29, 1.82) is 0 Å². The van der Waals surface area contributed by atoms with Gasteiger partial charge in [0.05, 0.1) is 29.0 Å². The van der Waals surface area contributed by atoms with Crippen LogP contribution in [0.25, 0.3) is 0 Å². The lowest BCUT2D eigenvalue weighted by Crippen LogP contribution is -2.28. The van der Waals surface area contributed by atoms with E-state index in [-0.39, 0.29) is 6.03 Å². The highest BCUT2D eigenvalue weighted by Crippen LogP contribution is 2.22. The third kappa shape index (κ3) is 5.84. The van der Waals surface area contributed by atoms with Crippen LogP contribution in [0.15, 0.2) is 36.2 Å². The van der Waals surface area contributed by atoms with Crippen LogP contribution in [0.4, 0.5) is 9.93 Å². The van der Waals surface area contributed by atoms with Crippen molar-refractivity contribution in [1.82, 2.24) is 10.3 Å². The van der Waals surface area contributed by atoms with E-state index < -0.39 is 0 Å². The van der Waals surface area contributed by atoms with Crippen LogP contribution in [-0.2, 0) is 17.9 Å². The summed E-state index contributed by atoms with van der Waals surface area (Å²) in [5.74, 6) is 0. The van der Waals surface area contributed by atoms with E-state index in [2.05, 4.69) is 22.2 Å². The highest BCUT2D eigenvalue weighted by molar-refractivity contribution is 7.13. The maximum Gasteiger partial charge on any atom is 0.321 e. The number of rotatable bonds is 7. The van der Waals surface area contributed by atoms with Gasteiger partial charge in [-0.2, -0.15) is 0 Å². The van der Waals surface area contributed by atoms with Gasteiger partial charge < -0.3 is 10.1 Å². The molecular formula is C15H15Cl2N3O2S. The first-order valence-corrected chi connectivity index (χ1v) is 8.34. The first-order valence-electron chi connectivity index (χ1n) is 6.70. The minimum atomic E-state index is -0.344. The molecule has 0 aliphatic heterocycles. The van der Waals surface area contributed by atoms with E-state index in [9.17, 15) is 4.79 Å². The molecule has 0 aliphatic rings. The van der Waals surface area contributed by atoms with Crippen molar-refractivity contribution in [2.45, 2.75) is 13.2 Å². The summed E-state index contributed by atoms with van der Waals surface area (Å²) >= 11 is 13.1. The summed E-state index contributed by atoms with van der Waals surface area (Å²) in [6.07, 6.45) is 1.67. The van der Waals surface area contributed by atoms with Crippen molar-refractivity contribution in [3.8, 4) is 0 Å². The van der Waals surface area contributed by atoms with Crippen LogP contribution in [0.3, 0.4) is 0 Å². The van der Waals surface area contributed by atoms with Crippen LogP contribution < -0.4 is 10.6 Å². The number of urea groups is 1. The van der Waals surface area contributed by atoms with E-state index in [0.717, 1.165) is 11.3 Å². The molecule has 0 aliphatic carbocycles. The van der Waals surface area contributed by atoms with Gasteiger partial charge in [0, 0.05) is 11.9 Å². The van der Waals surface area contributed by atoms with Gasteiger partial charge in [-0.1, -0.05) is 35.3 Å². The van der Waals surface area contributed by atoms with E-state index in [0.29, 0.717) is 34.9 Å². The van der Waals surface area contributed by atoms with Gasteiger partial charge in [0.15, 0.2) is 5.13 Å². The van der Waals surface area contributed by atoms with E-state index >= 15 is 0 Å². The van der Waals surface area contributed by atoms with E-state index in [1.54, 1.807) is 24.3 Å². The zero-order chi connectivity index (χ0) is 16.7. The number of carbonyl (C=O) groups excluding carboxylic acids is 1. The lowest BCUT2D eigenvalue weighted by molar-refractivity contribution is 0.146. The molecule has 0 saturated heterocycles. The van der Waals surface area contributed by atoms with Gasteiger partial charge in [-0.3, -0.25) is 5.32 Å². The number of halogens is 2. The molecule has 0 radical (unpaired) electrons. The third-order valence-corrected chi connectivity index (χ3v) is 4.24. The molecule has 1 aromatic carbocycles. The zero-order valence-corrected chi connectivity index (χ0v) is 14.5. The molecule has 0 bridgehead atoms. The molecule has 2 amide bonds. The average molecular weight is 372 g/mol. The molecule has 122 valence electrons. The van der Waals surface area contributed by atoms with Gasteiger partial charge in [0.1, 0.15) is 0 Å². The van der Waals surface area contributed by atoms with Crippen molar-refractivity contribution in [3.63, 3.8) is 0 Å². The first-order chi connectivity index (χ1) is 11.1. The second-order valence-corrected chi connectivity index (χ2v) is 6.18. The number of anilines is 1. The zero-order valence-electron chi connectivity index (χ0n) is 12.1. The van der Waals surface area contributed by atoms with Crippen LogP contribution in [0.1, 0.15) is 11.3 Å². The Kier molecular flexibility index (Phi) is 6.85. The predicted molar refractivity (Wildman–Crippen MR) is 94.3 cm³/mol. The van der Waals surface area contributed by atoms with Crippen LogP contribution in [0, 0.1) is 0 Å². The maximum atomic E-state index is 11.8. The van der Waals surface area contributed by atoms with Gasteiger partial charge in [-0.25, -0.2) is 9.78 Å². The summed E-state index contributed by atoms with van der Waals surface area (Å²) in [5.41, 5.74) is 1.61. The molecule has 0 fully saturated rings. The Labute approximate surface area is 148 Å². The number of nitrogens with zero attached hydrogens (tertiary/aromatic N) is 1. The van der Waals surface area contributed by atoms with E-state index in [4.69, 9.17) is 27.9 Å². The molecule has 1 aromatic heterocycles. The average Bonchev–Trinajstić information content (AvgIpc) is 2.96. The molecule has 0 atom stereocenters. The fourth-order valence-corrected chi connectivity index (χ4v) is 2.66. The van der Waals surface area contributed by atoms with E-state index in [1.165, 1.54) is 11.3 Å². The molecule has 2 aromatic rings. The number of hydrogen-bond donors (Lipinski definition) is 2. The third-order valence-electron chi connectivity index (χ3n) is 2.69.